The standard InChI is InChI=1S/C22H22F3N2O2.BrH/c1-28-17-10-11-18(19(23)13-17)20-14-27(21-5-3-2-4-12-26(20)21)15-6-8-16(9-7-15)29-22(24)25;/h6-11,13-14,22H,2-5,12H2,1H3;1H/q+1;/p-1. The van der Waals surface area contributed by atoms with Gasteiger partial charge >= 0.3 is 6.61 Å². The number of aromatic nitrogens is 2. The third-order valence-electron chi connectivity index (χ3n) is 5.21. The van der Waals surface area contributed by atoms with Crippen LogP contribution in [0.4, 0.5) is 13.2 Å². The highest BCUT2D eigenvalue weighted by molar-refractivity contribution is 5.59. The highest BCUT2D eigenvalue weighted by Crippen LogP contribution is 2.28. The van der Waals surface area contributed by atoms with Gasteiger partial charge in [-0.05, 0) is 55.7 Å². The first kappa shape index (κ1) is 22.2. The monoisotopic (exact) mass is 482 g/mol. The van der Waals surface area contributed by atoms with Crippen LogP contribution >= 0.6 is 0 Å². The number of fused-ring (bicyclic) bond motifs is 1. The van der Waals surface area contributed by atoms with E-state index in [1.807, 2.05) is 10.8 Å². The van der Waals surface area contributed by atoms with Gasteiger partial charge in [0, 0.05) is 12.5 Å². The number of benzene rings is 2. The van der Waals surface area contributed by atoms with Gasteiger partial charge in [0.05, 0.1) is 19.2 Å². The Morgan fingerprint density at radius 2 is 1.73 bits per heavy atom. The van der Waals surface area contributed by atoms with Crippen molar-refractivity contribution in [2.45, 2.75) is 38.8 Å². The Hall–Kier alpha value is -2.48. The Bertz CT molecular complexity index is 1010. The second-order valence-corrected chi connectivity index (χ2v) is 6.98. The molecule has 30 heavy (non-hydrogen) atoms. The summed E-state index contributed by atoms with van der Waals surface area (Å²) in [6, 6.07) is 11.4. The summed E-state index contributed by atoms with van der Waals surface area (Å²) in [6.07, 6.45) is 5.93. The third kappa shape index (κ3) is 4.48. The van der Waals surface area contributed by atoms with Crippen LogP contribution in [-0.2, 0) is 13.0 Å². The summed E-state index contributed by atoms with van der Waals surface area (Å²) in [5.41, 5.74) is 2.11. The maximum atomic E-state index is 14.8. The quantitative estimate of drug-likeness (QED) is 0.519. The van der Waals surface area contributed by atoms with E-state index in [-0.39, 0.29) is 28.5 Å². The zero-order valence-corrected chi connectivity index (χ0v) is 18.0. The van der Waals surface area contributed by atoms with Crippen molar-refractivity contribution < 1.29 is 44.2 Å². The van der Waals surface area contributed by atoms with Crippen molar-refractivity contribution in [1.29, 1.82) is 0 Å². The predicted molar refractivity (Wildman–Crippen MR) is 102 cm³/mol. The number of rotatable bonds is 5. The number of methoxy groups -OCH3 is 1. The molecule has 0 saturated carbocycles. The number of hydrogen-bond acceptors (Lipinski definition) is 2. The van der Waals surface area contributed by atoms with Gasteiger partial charge in [0.1, 0.15) is 29.2 Å². The van der Waals surface area contributed by atoms with E-state index >= 15 is 0 Å². The van der Waals surface area contributed by atoms with Crippen LogP contribution in [0.25, 0.3) is 16.9 Å². The molecule has 0 aliphatic carbocycles. The minimum absolute atomic E-state index is 0. The zero-order valence-electron chi connectivity index (χ0n) is 16.5. The molecular weight excluding hydrogens is 461 g/mol. The topological polar surface area (TPSA) is 27.3 Å². The second kappa shape index (κ2) is 9.55. The Labute approximate surface area is 183 Å². The van der Waals surface area contributed by atoms with Crippen LogP contribution < -0.4 is 31.0 Å². The van der Waals surface area contributed by atoms with E-state index < -0.39 is 6.61 Å². The van der Waals surface area contributed by atoms with Gasteiger partial charge in [0.15, 0.2) is 5.69 Å². The molecule has 0 saturated heterocycles. The van der Waals surface area contributed by atoms with Gasteiger partial charge in [-0.3, -0.25) is 0 Å². The maximum absolute atomic E-state index is 14.8. The van der Waals surface area contributed by atoms with Gasteiger partial charge in [0.25, 0.3) is 5.82 Å². The first-order valence-corrected chi connectivity index (χ1v) is 9.60. The summed E-state index contributed by atoms with van der Waals surface area (Å²) in [6.45, 7) is -2.06. The molecule has 2 aromatic carbocycles. The van der Waals surface area contributed by atoms with E-state index in [1.54, 1.807) is 24.3 Å². The molecule has 0 bridgehead atoms. The minimum Gasteiger partial charge on any atom is -1.00 e. The average Bonchev–Trinajstić information content (AvgIpc) is 2.89. The van der Waals surface area contributed by atoms with Crippen LogP contribution in [0.5, 0.6) is 11.5 Å². The average molecular weight is 483 g/mol. The van der Waals surface area contributed by atoms with Crippen molar-refractivity contribution in [2.75, 3.05) is 7.11 Å². The highest BCUT2D eigenvalue weighted by atomic mass is 79.9. The van der Waals surface area contributed by atoms with Crippen molar-refractivity contribution in [3.8, 4) is 28.4 Å². The first-order chi connectivity index (χ1) is 14.1. The fraction of sp³-hybridized carbons (Fsp3) is 0.318. The van der Waals surface area contributed by atoms with Crippen molar-refractivity contribution in [3.05, 3.63) is 60.3 Å². The molecular formula is C22H22BrF3N2O2. The van der Waals surface area contributed by atoms with Crippen LogP contribution in [0, 0.1) is 5.82 Å². The summed E-state index contributed by atoms with van der Waals surface area (Å²) in [4.78, 5) is 0. The Balaban J connectivity index is 0.00000256. The third-order valence-corrected chi connectivity index (χ3v) is 5.21. The second-order valence-electron chi connectivity index (χ2n) is 6.98. The van der Waals surface area contributed by atoms with Crippen molar-refractivity contribution >= 4 is 0 Å². The molecule has 0 radical (unpaired) electrons. The molecule has 3 aromatic rings. The van der Waals surface area contributed by atoms with Gasteiger partial charge < -0.3 is 26.5 Å². The van der Waals surface area contributed by atoms with E-state index in [0.717, 1.165) is 49.4 Å². The lowest BCUT2D eigenvalue weighted by atomic mass is 10.1. The van der Waals surface area contributed by atoms with Crippen LogP contribution in [0.15, 0.2) is 48.7 Å². The van der Waals surface area contributed by atoms with Gasteiger partial charge in [-0.15, -0.1) is 0 Å². The van der Waals surface area contributed by atoms with E-state index in [0.29, 0.717) is 11.3 Å². The van der Waals surface area contributed by atoms with Crippen molar-refractivity contribution in [3.63, 3.8) is 0 Å². The number of hydrogen-bond donors (Lipinski definition) is 0. The smallest absolute Gasteiger partial charge is 0.387 e. The highest BCUT2D eigenvalue weighted by Gasteiger charge is 2.28. The Morgan fingerprint density at radius 3 is 2.40 bits per heavy atom. The largest absolute Gasteiger partial charge is 1.00 e. The molecule has 1 aliphatic rings. The van der Waals surface area contributed by atoms with Crippen molar-refractivity contribution in [1.82, 2.24) is 4.57 Å². The van der Waals surface area contributed by atoms with Crippen LogP contribution in [0.1, 0.15) is 25.1 Å². The number of imidazole rings is 1. The lowest BCUT2D eigenvalue weighted by Gasteiger charge is -2.06. The molecule has 4 rings (SSSR count). The maximum Gasteiger partial charge on any atom is 0.387 e. The fourth-order valence-electron chi connectivity index (χ4n) is 3.83. The van der Waals surface area contributed by atoms with Gasteiger partial charge in [0.2, 0.25) is 0 Å². The summed E-state index contributed by atoms with van der Waals surface area (Å²) in [5.74, 6) is 1.30. The molecule has 8 heteroatoms. The molecule has 2 heterocycles. The van der Waals surface area contributed by atoms with E-state index in [9.17, 15) is 13.2 Å². The molecule has 0 atom stereocenters. The summed E-state index contributed by atoms with van der Waals surface area (Å²) < 4.78 is 53.4. The number of nitrogens with zero attached hydrogens (tertiary/aromatic N) is 2. The molecule has 0 spiro atoms. The van der Waals surface area contributed by atoms with E-state index in [4.69, 9.17) is 4.74 Å². The van der Waals surface area contributed by atoms with E-state index in [2.05, 4.69) is 9.30 Å². The van der Waals surface area contributed by atoms with Crippen LogP contribution in [0.3, 0.4) is 0 Å². The molecule has 1 aliphatic heterocycles. The van der Waals surface area contributed by atoms with Crippen molar-refractivity contribution in [2.24, 2.45) is 0 Å². The van der Waals surface area contributed by atoms with Gasteiger partial charge in [-0.25, -0.2) is 8.96 Å². The molecule has 0 unspecified atom stereocenters. The summed E-state index contributed by atoms with van der Waals surface area (Å²) in [7, 11) is 1.51. The minimum atomic E-state index is -2.86. The first-order valence-electron chi connectivity index (χ1n) is 9.60. The Morgan fingerprint density at radius 1 is 1.00 bits per heavy atom. The lowest BCUT2D eigenvalue weighted by Crippen LogP contribution is -3.00. The van der Waals surface area contributed by atoms with E-state index in [1.165, 1.54) is 25.3 Å². The molecule has 1 aromatic heterocycles. The molecule has 160 valence electrons. The molecule has 4 nitrogen and oxygen atoms in total. The molecule has 0 N–H and O–H groups in total. The lowest BCUT2D eigenvalue weighted by molar-refractivity contribution is -0.692. The normalized spacial score (nSPS) is 13.4. The number of ether oxygens (including phenoxy) is 2. The predicted octanol–water partition coefficient (Wildman–Crippen LogP) is 1.91. The Kier molecular flexibility index (Phi) is 7.07. The number of halogens is 4. The van der Waals surface area contributed by atoms with Gasteiger partial charge in [-0.2, -0.15) is 13.3 Å². The number of alkyl halides is 2. The molecule has 0 fully saturated rings. The summed E-state index contributed by atoms with van der Waals surface area (Å²) >= 11 is 0. The van der Waals surface area contributed by atoms with Crippen LogP contribution in [-0.4, -0.2) is 18.3 Å². The SMILES string of the molecule is COc1ccc(-c2cn(-c3ccc(OC(F)F)cc3)c3[n+]2CCCCC3)c(F)c1.[Br-]. The van der Waals surface area contributed by atoms with Crippen LogP contribution in [0.2, 0.25) is 0 Å². The fourth-order valence-corrected chi connectivity index (χ4v) is 3.83. The van der Waals surface area contributed by atoms with Gasteiger partial charge in [-0.1, -0.05) is 0 Å². The molecule has 0 amide bonds. The zero-order chi connectivity index (χ0) is 20.4. The summed E-state index contributed by atoms with van der Waals surface area (Å²) in [5, 5.41) is 0.